The highest BCUT2D eigenvalue weighted by Crippen LogP contribution is 2.09. The van der Waals surface area contributed by atoms with E-state index in [1.165, 1.54) is 20.8 Å². The lowest BCUT2D eigenvalue weighted by atomic mass is 10.2. The van der Waals surface area contributed by atoms with Crippen molar-refractivity contribution in [3.05, 3.63) is 0 Å². The van der Waals surface area contributed by atoms with E-state index in [1.54, 1.807) is 20.8 Å². The Hall–Kier alpha value is -1.72. The Morgan fingerprint density at radius 2 is 1.27 bits per heavy atom. The van der Waals surface area contributed by atoms with Crippen LogP contribution in [-0.4, -0.2) is 35.7 Å². The van der Waals surface area contributed by atoms with Gasteiger partial charge in [0.15, 0.2) is 0 Å². The van der Waals surface area contributed by atoms with Crippen LogP contribution in [0.25, 0.3) is 0 Å². The first kappa shape index (κ1) is 12.8. The quantitative estimate of drug-likeness (QED) is 0.552. The second-order valence-electron chi connectivity index (χ2n) is 5.94. The topological polar surface area (TPSA) is 86.7 Å². The zero-order chi connectivity index (χ0) is 23.2. The van der Waals surface area contributed by atoms with Crippen LogP contribution in [0, 0.1) is 0 Å². The molecule has 0 heterocycles. The molecule has 0 fully saturated rings. The Balaban J connectivity index is 0. The number of carbonyl (C=O) groups excluding carboxylic acids is 4. The van der Waals surface area contributed by atoms with Gasteiger partial charge in [0.25, 0.3) is 0 Å². The van der Waals surface area contributed by atoms with Gasteiger partial charge in [-0.05, 0) is 41.5 Å². The van der Waals surface area contributed by atoms with E-state index in [-0.39, 0.29) is 6.29 Å². The van der Waals surface area contributed by atoms with Crippen molar-refractivity contribution in [2.45, 2.75) is 78.3 Å². The third-order valence-corrected chi connectivity index (χ3v) is 1.36. The summed E-state index contributed by atoms with van der Waals surface area (Å²) in [6.07, 6.45) is -8.44. The van der Waals surface area contributed by atoms with Crippen LogP contribution in [0.15, 0.2) is 0 Å². The molecular formula is C16H28O6. The number of esters is 2. The molecule has 0 saturated heterocycles. The Morgan fingerprint density at radius 1 is 0.864 bits per heavy atom. The van der Waals surface area contributed by atoms with Gasteiger partial charge in [-0.25, -0.2) is 0 Å². The zero-order valence-corrected chi connectivity index (χ0v) is 13.8. The third kappa shape index (κ3) is 20.6. The summed E-state index contributed by atoms with van der Waals surface area (Å²) < 4.78 is 52.3. The summed E-state index contributed by atoms with van der Waals surface area (Å²) in [5.41, 5.74) is -1.66. The molecule has 0 aliphatic rings. The molecule has 0 rings (SSSR count). The highest BCUT2D eigenvalue weighted by atomic mass is 16.6. The third-order valence-electron chi connectivity index (χ3n) is 1.36. The SMILES string of the molecule is [2H]C([2H])(C=O)C([2H])([2H])C(=O)OC(C)(C)C.[2H]C([2H])(CC=O)C(=O)OC(C)(C)C. The molecule has 128 valence electrons. The lowest BCUT2D eigenvalue weighted by molar-refractivity contribution is -0.156. The Morgan fingerprint density at radius 3 is 1.59 bits per heavy atom. The van der Waals surface area contributed by atoms with Crippen molar-refractivity contribution in [3.8, 4) is 0 Å². The van der Waals surface area contributed by atoms with E-state index in [2.05, 4.69) is 4.74 Å². The normalized spacial score (nSPS) is 16.8. The molecule has 0 atom stereocenters. The van der Waals surface area contributed by atoms with Crippen LogP contribution in [-0.2, 0) is 28.7 Å². The van der Waals surface area contributed by atoms with Gasteiger partial charge in [0, 0.05) is 21.0 Å². The second-order valence-corrected chi connectivity index (χ2v) is 5.94. The molecule has 0 spiro atoms. The van der Waals surface area contributed by atoms with E-state index in [4.69, 9.17) is 13.0 Å². The molecule has 0 amide bonds. The highest BCUT2D eigenvalue weighted by Gasteiger charge is 2.15. The summed E-state index contributed by atoms with van der Waals surface area (Å²) in [5.74, 6) is -2.38. The van der Waals surface area contributed by atoms with E-state index in [0.717, 1.165) is 0 Å². The summed E-state index contributed by atoms with van der Waals surface area (Å²) in [7, 11) is 0. The smallest absolute Gasteiger partial charge is 0.306 e. The van der Waals surface area contributed by atoms with Crippen LogP contribution >= 0.6 is 0 Å². The van der Waals surface area contributed by atoms with E-state index in [9.17, 15) is 19.2 Å². The van der Waals surface area contributed by atoms with Crippen molar-refractivity contribution in [1.82, 2.24) is 0 Å². The predicted octanol–water partition coefficient (Wildman–Crippen LogP) is 2.61. The molecule has 0 aliphatic heterocycles. The van der Waals surface area contributed by atoms with Crippen LogP contribution in [0.4, 0.5) is 0 Å². The number of carbonyl (C=O) groups is 4. The maximum atomic E-state index is 11.3. The Kier molecular flexibility index (Phi) is 6.35. The van der Waals surface area contributed by atoms with Crippen LogP contribution in [0.5, 0.6) is 0 Å². The maximum Gasteiger partial charge on any atom is 0.306 e. The van der Waals surface area contributed by atoms with Gasteiger partial charge in [0.1, 0.15) is 23.8 Å². The second kappa shape index (κ2) is 10.9. The van der Waals surface area contributed by atoms with Gasteiger partial charge in [-0.15, -0.1) is 0 Å². The standard InChI is InChI=1S/2C8H14O3/c2*1-8(2,3)11-7(10)5-4-6-9/h2*6H,4-5H2,1-3H3/i4D2,5D2;5D2. The molecule has 22 heavy (non-hydrogen) atoms. The van der Waals surface area contributed by atoms with Gasteiger partial charge >= 0.3 is 11.9 Å². The van der Waals surface area contributed by atoms with Crippen molar-refractivity contribution in [3.63, 3.8) is 0 Å². The monoisotopic (exact) mass is 322 g/mol. The van der Waals surface area contributed by atoms with E-state index >= 15 is 0 Å². The lowest BCUT2D eigenvalue weighted by Gasteiger charge is -2.18. The van der Waals surface area contributed by atoms with Crippen molar-refractivity contribution in [2.24, 2.45) is 0 Å². The average Bonchev–Trinajstić information content (AvgIpc) is 2.44. The molecule has 0 bridgehead atoms. The number of aldehydes is 2. The van der Waals surface area contributed by atoms with Gasteiger partial charge in [-0.1, -0.05) is 0 Å². The number of ether oxygens (including phenoxy) is 2. The first-order valence-corrected chi connectivity index (χ1v) is 6.50. The summed E-state index contributed by atoms with van der Waals surface area (Å²) in [6.45, 7) is 9.50. The molecule has 0 aromatic carbocycles. The van der Waals surface area contributed by atoms with E-state index in [0.29, 0.717) is 6.29 Å². The minimum Gasteiger partial charge on any atom is -0.460 e. The fraction of sp³-hybridized carbons (Fsp3) is 0.750. The van der Waals surface area contributed by atoms with Gasteiger partial charge in [0.05, 0.1) is 12.7 Å². The summed E-state index contributed by atoms with van der Waals surface area (Å²) in [5, 5.41) is 0. The van der Waals surface area contributed by atoms with Gasteiger partial charge in [-0.3, -0.25) is 9.59 Å². The van der Waals surface area contributed by atoms with Gasteiger partial charge in [0.2, 0.25) is 0 Å². The molecule has 0 unspecified atom stereocenters. The first-order valence-electron chi connectivity index (χ1n) is 9.50. The minimum absolute atomic E-state index is 0.239. The minimum atomic E-state index is -2.98. The van der Waals surface area contributed by atoms with Crippen LogP contribution in [0.2, 0.25) is 0 Å². The van der Waals surface area contributed by atoms with Crippen molar-refractivity contribution >= 4 is 24.5 Å². The summed E-state index contributed by atoms with van der Waals surface area (Å²) in [6, 6.07) is 0. The molecular weight excluding hydrogens is 288 g/mol. The molecule has 6 heteroatoms. The Labute approximate surface area is 141 Å². The lowest BCUT2D eigenvalue weighted by Crippen LogP contribution is -2.23. The maximum absolute atomic E-state index is 11.3. The molecule has 0 N–H and O–H groups in total. The van der Waals surface area contributed by atoms with Gasteiger partial charge in [-0.2, -0.15) is 0 Å². The van der Waals surface area contributed by atoms with Gasteiger partial charge < -0.3 is 19.1 Å². The molecule has 6 nitrogen and oxygen atoms in total. The molecule has 0 saturated carbocycles. The van der Waals surface area contributed by atoms with Crippen molar-refractivity contribution in [1.29, 1.82) is 0 Å². The largest absolute Gasteiger partial charge is 0.460 e. The number of rotatable bonds is 6. The fourth-order valence-electron chi connectivity index (χ4n) is 0.831. The van der Waals surface area contributed by atoms with E-state index < -0.39 is 48.7 Å². The summed E-state index contributed by atoms with van der Waals surface area (Å²) in [4.78, 5) is 42.8. The average molecular weight is 322 g/mol. The van der Waals surface area contributed by atoms with E-state index in [1.807, 2.05) is 0 Å². The van der Waals surface area contributed by atoms with Crippen LogP contribution in [0.1, 0.15) is 75.3 Å². The molecule has 0 aromatic heterocycles. The Bertz CT molecular complexity index is 575. The highest BCUT2D eigenvalue weighted by molar-refractivity contribution is 5.73. The summed E-state index contributed by atoms with van der Waals surface area (Å²) >= 11 is 0. The number of hydrogen-bond donors (Lipinski definition) is 0. The predicted molar refractivity (Wildman–Crippen MR) is 82.3 cm³/mol. The van der Waals surface area contributed by atoms with Crippen LogP contribution < -0.4 is 0 Å². The fourth-order valence-corrected chi connectivity index (χ4v) is 0.831. The first-order chi connectivity index (χ1) is 12.1. The van der Waals surface area contributed by atoms with Crippen molar-refractivity contribution in [2.75, 3.05) is 0 Å². The molecule has 0 aromatic rings. The van der Waals surface area contributed by atoms with Crippen LogP contribution in [0.3, 0.4) is 0 Å². The number of hydrogen-bond acceptors (Lipinski definition) is 6. The van der Waals surface area contributed by atoms with Crippen molar-refractivity contribution < 1.29 is 36.9 Å². The molecule has 0 radical (unpaired) electrons. The molecule has 0 aliphatic carbocycles. The zero-order valence-electron chi connectivity index (χ0n) is 19.8.